The minimum absolute atomic E-state index is 0.0248. The highest BCUT2D eigenvalue weighted by Crippen LogP contribution is 2.31. The first kappa shape index (κ1) is 16.5. The lowest BCUT2D eigenvalue weighted by Gasteiger charge is -2.30. The summed E-state index contributed by atoms with van der Waals surface area (Å²) in [5.74, 6) is -1.00. The summed E-state index contributed by atoms with van der Waals surface area (Å²) in [5, 5.41) is 3.11. The Kier molecular flexibility index (Phi) is 6.36. The first-order valence-electron chi connectivity index (χ1n) is 6.33. The van der Waals surface area contributed by atoms with E-state index in [1.54, 1.807) is 7.11 Å². The number of rotatable bonds is 6. The molecule has 0 amide bonds. The number of hydrogen-bond donors (Lipinski definition) is 1. The molecule has 2 unspecified atom stereocenters. The number of hydrogen-bond acceptors (Lipinski definition) is 2. The molecule has 1 aromatic carbocycles. The molecule has 0 fully saturated rings. The van der Waals surface area contributed by atoms with Crippen LogP contribution in [0.25, 0.3) is 0 Å². The molecule has 0 saturated heterocycles. The smallest absolute Gasteiger partial charge is 0.145 e. The van der Waals surface area contributed by atoms with E-state index in [9.17, 15) is 8.78 Å². The Bertz CT molecular complexity index is 426. The Balaban J connectivity index is 3.29. The van der Waals surface area contributed by atoms with Crippen LogP contribution in [0.15, 0.2) is 16.6 Å². The van der Waals surface area contributed by atoms with Gasteiger partial charge in [-0.25, -0.2) is 8.78 Å². The third-order valence-electron chi connectivity index (χ3n) is 3.07. The Morgan fingerprint density at radius 3 is 2.42 bits per heavy atom. The van der Waals surface area contributed by atoms with E-state index < -0.39 is 17.7 Å². The molecule has 0 radical (unpaired) electrons. The van der Waals surface area contributed by atoms with Crippen LogP contribution < -0.4 is 5.32 Å². The van der Waals surface area contributed by atoms with Gasteiger partial charge in [0.1, 0.15) is 11.6 Å². The van der Waals surface area contributed by atoms with Crippen molar-refractivity contribution in [2.75, 3.05) is 13.7 Å². The van der Waals surface area contributed by atoms with Gasteiger partial charge in [-0.2, -0.15) is 0 Å². The number of benzene rings is 1. The minimum atomic E-state index is -0.575. The van der Waals surface area contributed by atoms with Gasteiger partial charge in [0, 0.05) is 12.7 Å². The number of ether oxygens (including phenoxy) is 1. The molecule has 1 rings (SSSR count). The van der Waals surface area contributed by atoms with Crippen LogP contribution in [-0.4, -0.2) is 19.8 Å². The van der Waals surface area contributed by atoms with Crippen LogP contribution in [0.3, 0.4) is 0 Å². The molecule has 0 aromatic heterocycles. The van der Waals surface area contributed by atoms with Crippen molar-refractivity contribution < 1.29 is 13.5 Å². The maximum Gasteiger partial charge on any atom is 0.145 e. The quantitative estimate of drug-likeness (QED) is 0.792. The molecule has 108 valence electrons. The van der Waals surface area contributed by atoms with E-state index in [0.29, 0.717) is 6.54 Å². The Morgan fingerprint density at radius 2 is 1.95 bits per heavy atom. The van der Waals surface area contributed by atoms with E-state index in [4.69, 9.17) is 4.74 Å². The van der Waals surface area contributed by atoms with Crippen molar-refractivity contribution in [2.24, 2.45) is 5.92 Å². The first-order valence-corrected chi connectivity index (χ1v) is 7.12. The Morgan fingerprint density at radius 1 is 1.32 bits per heavy atom. The average molecular weight is 336 g/mol. The largest absolute Gasteiger partial charge is 0.379 e. The molecular weight excluding hydrogens is 316 g/mol. The first-order chi connectivity index (χ1) is 8.93. The molecule has 0 aliphatic rings. The summed E-state index contributed by atoms with van der Waals surface area (Å²) in [6.45, 7) is 6.43. The van der Waals surface area contributed by atoms with Gasteiger partial charge in [-0.3, -0.25) is 0 Å². The second-order valence-electron chi connectivity index (χ2n) is 4.74. The molecule has 0 bridgehead atoms. The highest BCUT2D eigenvalue weighted by atomic mass is 79.9. The SMILES string of the molecule is CCNC(c1c(F)ccc(Br)c1F)C(OC)C(C)C. The summed E-state index contributed by atoms with van der Waals surface area (Å²) < 4.78 is 33.9. The van der Waals surface area contributed by atoms with E-state index in [0.717, 1.165) is 0 Å². The Labute approximate surface area is 121 Å². The van der Waals surface area contributed by atoms with Gasteiger partial charge in [-0.15, -0.1) is 0 Å². The normalized spacial score (nSPS) is 14.7. The van der Waals surface area contributed by atoms with Gasteiger partial charge >= 0.3 is 0 Å². The topological polar surface area (TPSA) is 21.3 Å². The van der Waals surface area contributed by atoms with Gasteiger partial charge in [0.25, 0.3) is 0 Å². The summed E-state index contributed by atoms with van der Waals surface area (Å²) in [4.78, 5) is 0. The van der Waals surface area contributed by atoms with Crippen LogP contribution >= 0.6 is 15.9 Å². The van der Waals surface area contributed by atoms with E-state index in [1.165, 1.54) is 12.1 Å². The van der Waals surface area contributed by atoms with E-state index >= 15 is 0 Å². The molecule has 1 aromatic rings. The van der Waals surface area contributed by atoms with Crippen LogP contribution in [0.2, 0.25) is 0 Å². The molecule has 0 aliphatic heterocycles. The van der Waals surface area contributed by atoms with Crippen molar-refractivity contribution in [1.82, 2.24) is 5.32 Å². The van der Waals surface area contributed by atoms with Gasteiger partial charge in [-0.1, -0.05) is 20.8 Å². The molecule has 1 N–H and O–H groups in total. The fraction of sp³-hybridized carbons (Fsp3) is 0.571. The maximum atomic E-state index is 14.2. The van der Waals surface area contributed by atoms with Crippen LogP contribution in [0.5, 0.6) is 0 Å². The summed E-state index contributed by atoms with van der Waals surface area (Å²) in [5.41, 5.74) is 0.0248. The molecule has 2 nitrogen and oxygen atoms in total. The number of halogens is 3. The predicted molar refractivity (Wildman–Crippen MR) is 76.1 cm³/mol. The summed E-state index contributed by atoms with van der Waals surface area (Å²) in [7, 11) is 1.56. The van der Waals surface area contributed by atoms with Gasteiger partial charge < -0.3 is 10.1 Å². The zero-order chi connectivity index (χ0) is 14.6. The van der Waals surface area contributed by atoms with Crippen LogP contribution in [0.4, 0.5) is 8.78 Å². The highest BCUT2D eigenvalue weighted by molar-refractivity contribution is 9.10. The average Bonchev–Trinajstić information content (AvgIpc) is 2.35. The minimum Gasteiger partial charge on any atom is -0.379 e. The highest BCUT2D eigenvalue weighted by Gasteiger charge is 2.30. The fourth-order valence-corrected chi connectivity index (χ4v) is 2.57. The van der Waals surface area contributed by atoms with Crippen molar-refractivity contribution in [2.45, 2.75) is 32.9 Å². The number of likely N-dealkylation sites (N-methyl/N-ethyl adjacent to an activating group) is 1. The third-order valence-corrected chi connectivity index (χ3v) is 3.68. The maximum absolute atomic E-state index is 14.2. The zero-order valence-electron chi connectivity index (χ0n) is 11.6. The van der Waals surface area contributed by atoms with Crippen molar-refractivity contribution in [3.63, 3.8) is 0 Å². The molecule has 0 heterocycles. The monoisotopic (exact) mass is 335 g/mol. The van der Waals surface area contributed by atoms with Gasteiger partial charge in [0.2, 0.25) is 0 Å². The van der Waals surface area contributed by atoms with Gasteiger partial charge in [0.15, 0.2) is 0 Å². The van der Waals surface area contributed by atoms with Crippen molar-refractivity contribution in [3.8, 4) is 0 Å². The standard InChI is InChI=1S/C14H20BrF2NO/c1-5-18-13(14(19-4)8(2)3)11-10(16)7-6-9(15)12(11)17/h6-8,13-14,18H,5H2,1-4H3. The second-order valence-corrected chi connectivity index (χ2v) is 5.59. The van der Waals surface area contributed by atoms with Gasteiger partial charge in [0.05, 0.1) is 16.6 Å². The van der Waals surface area contributed by atoms with Crippen LogP contribution in [-0.2, 0) is 4.74 Å². The lowest BCUT2D eigenvalue weighted by molar-refractivity contribution is 0.0310. The molecular formula is C14H20BrF2NO. The van der Waals surface area contributed by atoms with Crippen LogP contribution in [0.1, 0.15) is 32.4 Å². The summed E-state index contributed by atoms with van der Waals surface area (Å²) in [6.07, 6.45) is -0.307. The number of methoxy groups -OCH3 is 1. The van der Waals surface area contributed by atoms with E-state index in [-0.39, 0.29) is 22.1 Å². The molecule has 2 atom stereocenters. The molecule has 5 heteroatoms. The molecule has 19 heavy (non-hydrogen) atoms. The summed E-state index contributed by atoms with van der Waals surface area (Å²) >= 11 is 3.10. The lowest BCUT2D eigenvalue weighted by atomic mass is 9.92. The second kappa shape index (κ2) is 7.31. The van der Waals surface area contributed by atoms with Crippen LogP contribution in [0, 0.1) is 17.6 Å². The predicted octanol–water partition coefficient (Wildman–Crippen LogP) is 4.05. The van der Waals surface area contributed by atoms with Gasteiger partial charge in [-0.05, 0) is 40.5 Å². The summed E-state index contributed by atoms with van der Waals surface area (Å²) in [6, 6.07) is 2.11. The molecule has 0 spiro atoms. The lowest BCUT2D eigenvalue weighted by Crippen LogP contribution is -2.37. The zero-order valence-corrected chi connectivity index (χ0v) is 13.2. The van der Waals surface area contributed by atoms with Crippen molar-refractivity contribution in [1.29, 1.82) is 0 Å². The van der Waals surface area contributed by atoms with Crippen molar-refractivity contribution in [3.05, 3.63) is 33.8 Å². The number of nitrogens with one attached hydrogen (secondary N) is 1. The third kappa shape index (κ3) is 3.74. The van der Waals surface area contributed by atoms with E-state index in [1.807, 2.05) is 20.8 Å². The van der Waals surface area contributed by atoms with Crippen molar-refractivity contribution >= 4 is 15.9 Å². The molecule has 0 saturated carbocycles. The fourth-order valence-electron chi connectivity index (χ4n) is 2.22. The van der Waals surface area contributed by atoms with E-state index in [2.05, 4.69) is 21.2 Å². The Hall–Kier alpha value is -0.520. The molecule has 0 aliphatic carbocycles.